The van der Waals surface area contributed by atoms with Crippen molar-refractivity contribution in [2.75, 3.05) is 14.2 Å². The summed E-state index contributed by atoms with van der Waals surface area (Å²) >= 11 is 0. The number of para-hydroxylation sites is 1. The van der Waals surface area contributed by atoms with Crippen molar-refractivity contribution >= 4 is 17.6 Å². The fraction of sp³-hybridized carbons (Fsp3) is 0.294. The van der Waals surface area contributed by atoms with E-state index in [4.69, 9.17) is 4.42 Å². The molecule has 132 valence electrons. The average molecular weight is 346 g/mol. The van der Waals surface area contributed by atoms with E-state index in [0.29, 0.717) is 22.6 Å². The SMILES string of the molecule is COC(=O)c1cc(CN(C)C(=O)Cc2ccccc2[N+](=O)[O-])oc1C. The Balaban J connectivity index is 2.09. The Morgan fingerprint density at radius 2 is 2.00 bits per heavy atom. The van der Waals surface area contributed by atoms with E-state index in [2.05, 4.69) is 4.74 Å². The Morgan fingerprint density at radius 3 is 2.64 bits per heavy atom. The first-order valence-corrected chi connectivity index (χ1v) is 7.47. The summed E-state index contributed by atoms with van der Waals surface area (Å²) in [5, 5.41) is 11.0. The lowest BCUT2D eigenvalue weighted by Gasteiger charge is -2.15. The first kappa shape index (κ1) is 18.2. The molecule has 0 fully saturated rings. The number of amides is 1. The highest BCUT2D eigenvalue weighted by molar-refractivity contribution is 5.90. The van der Waals surface area contributed by atoms with Crippen LogP contribution in [0.25, 0.3) is 0 Å². The minimum Gasteiger partial charge on any atom is -0.465 e. The predicted octanol–water partition coefficient (Wildman–Crippen LogP) is 2.48. The van der Waals surface area contributed by atoms with Gasteiger partial charge in [-0.05, 0) is 13.0 Å². The monoisotopic (exact) mass is 346 g/mol. The van der Waals surface area contributed by atoms with Gasteiger partial charge in [0.1, 0.15) is 17.1 Å². The molecule has 2 aromatic rings. The van der Waals surface area contributed by atoms with Crippen molar-refractivity contribution in [1.29, 1.82) is 0 Å². The van der Waals surface area contributed by atoms with E-state index in [1.54, 1.807) is 32.2 Å². The van der Waals surface area contributed by atoms with Crippen LogP contribution in [-0.2, 0) is 22.5 Å². The topological polar surface area (TPSA) is 103 Å². The van der Waals surface area contributed by atoms with Crippen molar-refractivity contribution < 1.29 is 23.7 Å². The van der Waals surface area contributed by atoms with Crippen LogP contribution >= 0.6 is 0 Å². The van der Waals surface area contributed by atoms with Crippen molar-refractivity contribution in [3.63, 3.8) is 0 Å². The van der Waals surface area contributed by atoms with E-state index in [9.17, 15) is 19.7 Å². The number of aryl methyl sites for hydroxylation is 1. The van der Waals surface area contributed by atoms with E-state index < -0.39 is 10.9 Å². The summed E-state index contributed by atoms with van der Waals surface area (Å²) in [6, 6.07) is 7.64. The zero-order chi connectivity index (χ0) is 18.6. The highest BCUT2D eigenvalue weighted by Gasteiger charge is 2.20. The van der Waals surface area contributed by atoms with Crippen LogP contribution < -0.4 is 0 Å². The lowest BCUT2D eigenvalue weighted by atomic mass is 10.1. The van der Waals surface area contributed by atoms with Crippen molar-refractivity contribution in [1.82, 2.24) is 4.90 Å². The molecule has 0 aliphatic carbocycles. The average Bonchev–Trinajstić information content (AvgIpc) is 2.94. The zero-order valence-electron chi connectivity index (χ0n) is 14.1. The zero-order valence-corrected chi connectivity index (χ0v) is 14.1. The Hall–Kier alpha value is -3.16. The Labute approximate surface area is 144 Å². The maximum Gasteiger partial charge on any atom is 0.341 e. The molecular formula is C17H18N2O6. The number of hydrogen-bond donors (Lipinski definition) is 0. The molecule has 0 radical (unpaired) electrons. The Morgan fingerprint density at radius 1 is 1.32 bits per heavy atom. The van der Waals surface area contributed by atoms with Gasteiger partial charge in [0.15, 0.2) is 0 Å². The first-order valence-electron chi connectivity index (χ1n) is 7.47. The third-order valence-electron chi connectivity index (χ3n) is 3.72. The molecule has 8 heteroatoms. The van der Waals surface area contributed by atoms with E-state index in [1.807, 2.05) is 0 Å². The number of esters is 1. The second-order valence-corrected chi connectivity index (χ2v) is 5.49. The molecule has 1 aromatic carbocycles. The van der Waals surface area contributed by atoms with Crippen molar-refractivity contribution in [2.24, 2.45) is 0 Å². The highest BCUT2D eigenvalue weighted by atomic mass is 16.6. The smallest absolute Gasteiger partial charge is 0.341 e. The van der Waals surface area contributed by atoms with Gasteiger partial charge < -0.3 is 14.1 Å². The van der Waals surface area contributed by atoms with Crippen LogP contribution in [0.4, 0.5) is 5.69 Å². The number of nitro groups is 1. The summed E-state index contributed by atoms with van der Waals surface area (Å²) in [5.41, 5.74) is 0.554. The van der Waals surface area contributed by atoms with Gasteiger partial charge in [-0.25, -0.2) is 4.79 Å². The van der Waals surface area contributed by atoms with Crippen LogP contribution in [0.2, 0.25) is 0 Å². The van der Waals surface area contributed by atoms with Gasteiger partial charge in [-0.15, -0.1) is 0 Å². The van der Waals surface area contributed by atoms with Crippen LogP contribution in [0.1, 0.15) is 27.4 Å². The molecule has 2 rings (SSSR count). The van der Waals surface area contributed by atoms with Gasteiger partial charge >= 0.3 is 5.97 Å². The van der Waals surface area contributed by atoms with Gasteiger partial charge in [-0.3, -0.25) is 14.9 Å². The standard InChI is InChI=1S/C17H18N2O6/c1-11-14(17(21)24-3)9-13(25-11)10-18(2)16(20)8-12-6-4-5-7-15(12)19(22)23/h4-7,9H,8,10H2,1-3H3. The van der Waals surface area contributed by atoms with Gasteiger partial charge in [0.05, 0.1) is 25.0 Å². The molecule has 8 nitrogen and oxygen atoms in total. The van der Waals surface area contributed by atoms with Crippen molar-refractivity contribution in [3.8, 4) is 0 Å². The van der Waals surface area contributed by atoms with E-state index >= 15 is 0 Å². The van der Waals surface area contributed by atoms with Crippen LogP contribution in [0.3, 0.4) is 0 Å². The van der Waals surface area contributed by atoms with Crippen LogP contribution in [0, 0.1) is 17.0 Å². The molecule has 0 spiro atoms. The largest absolute Gasteiger partial charge is 0.465 e. The molecule has 0 N–H and O–H groups in total. The molecule has 1 heterocycles. The van der Waals surface area contributed by atoms with Crippen LogP contribution in [0.5, 0.6) is 0 Å². The van der Waals surface area contributed by atoms with E-state index in [0.717, 1.165) is 0 Å². The molecule has 0 saturated heterocycles. The number of carbonyl (C=O) groups is 2. The van der Waals surface area contributed by atoms with Gasteiger partial charge in [-0.2, -0.15) is 0 Å². The molecule has 1 amide bonds. The van der Waals surface area contributed by atoms with Crippen LogP contribution in [-0.4, -0.2) is 35.9 Å². The number of rotatable bonds is 6. The van der Waals surface area contributed by atoms with E-state index in [1.165, 1.54) is 24.1 Å². The van der Waals surface area contributed by atoms with Gasteiger partial charge in [-0.1, -0.05) is 18.2 Å². The number of benzene rings is 1. The van der Waals surface area contributed by atoms with E-state index in [-0.39, 0.29) is 24.6 Å². The molecule has 0 bridgehead atoms. The number of nitrogens with zero attached hydrogens (tertiary/aromatic N) is 2. The summed E-state index contributed by atoms with van der Waals surface area (Å²) in [4.78, 5) is 35.8. The minimum atomic E-state index is -0.513. The van der Waals surface area contributed by atoms with Crippen molar-refractivity contribution in [3.05, 3.63) is 63.1 Å². The Bertz CT molecular complexity index is 811. The fourth-order valence-electron chi connectivity index (χ4n) is 2.39. The summed E-state index contributed by atoms with van der Waals surface area (Å²) in [5.74, 6) is 0.0158. The number of hydrogen-bond acceptors (Lipinski definition) is 6. The third kappa shape index (κ3) is 4.23. The molecule has 0 saturated carbocycles. The second-order valence-electron chi connectivity index (χ2n) is 5.49. The summed E-state index contributed by atoms with van der Waals surface area (Å²) in [6.07, 6.45) is -0.1000. The molecule has 1 aromatic heterocycles. The normalized spacial score (nSPS) is 10.4. The number of carbonyl (C=O) groups excluding carboxylic acids is 2. The number of furan rings is 1. The quantitative estimate of drug-likeness (QED) is 0.452. The maximum atomic E-state index is 12.3. The third-order valence-corrected chi connectivity index (χ3v) is 3.72. The lowest BCUT2D eigenvalue weighted by molar-refractivity contribution is -0.385. The van der Waals surface area contributed by atoms with Gasteiger partial charge in [0.2, 0.25) is 5.91 Å². The fourth-order valence-corrected chi connectivity index (χ4v) is 2.39. The van der Waals surface area contributed by atoms with Crippen LogP contribution in [0.15, 0.2) is 34.7 Å². The molecule has 0 unspecified atom stereocenters. The number of nitro benzene ring substituents is 1. The van der Waals surface area contributed by atoms with Gasteiger partial charge in [0.25, 0.3) is 5.69 Å². The maximum absolute atomic E-state index is 12.3. The predicted molar refractivity (Wildman–Crippen MR) is 88.1 cm³/mol. The Kier molecular flexibility index (Phi) is 5.53. The van der Waals surface area contributed by atoms with Gasteiger partial charge in [0, 0.05) is 18.7 Å². The van der Waals surface area contributed by atoms with Crippen molar-refractivity contribution in [2.45, 2.75) is 19.9 Å². The first-order chi connectivity index (χ1) is 11.8. The number of ether oxygens (including phenoxy) is 1. The molecule has 0 atom stereocenters. The highest BCUT2D eigenvalue weighted by Crippen LogP contribution is 2.20. The molecular weight excluding hydrogens is 328 g/mol. The lowest BCUT2D eigenvalue weighted by Crippen LogP contribution is -2.27. The summed E-state index contributed by atoms with van der Waals surface area (Å²) < 4.78 is 10.1. The molecule has 25 heavy (non-hydrogen) atoms. The second kappa shape index (κ2) is 7.61. The molecule has 0 aliphatic heterocycles. The number of methoxy groups -OCH3 is 1. The minimum absolute atomic E-state index is 0.0916. The summed E-state index contributed by atoms with van der Waals surface area (Å²) in [6.45, 7) is 1.77. The molecule has 0 aliphatic rings. The number of likely N-dealkylation sites (N-methyl/N-ethyl adjacent to an activating group) is 1. The summed E-state index contributed by atoms with van der Waals surface area (Å²) in [7, 11) is 2.84.